The molecule has 0 aliphatic carbocycles. The Morgan fingerprint density at radius 3 is 2.82 bits per heavy atom. The van der Waals surface area contributed by atoms with Gasteiger partial charge in [-0.2, -0.15) is 4.98 Å². The van der Waals surface area contributed by atoms with E-state index in [-0.39, 0.29) is 11.9 Å². The number of aromatic amines is 1. The second kappa shape index (κ2) is 5.51. The minimum atomic E-state index is 0.195. The zero-order valence-corrected chi connectivity index (χ0v) is 9.78. The zero-order valence-electron chi connectivity index (χ0n) is 9.78. The van der Waals surface area contributed by atoms with E-state index in [4.69, 9.17) is 5.73 Å². The van der Waals surface area contributed by atoms with Crippen LogP contribution in [-0.2, 0) is 4.79 Å². The van der Waals surface area contributed by atoms with E-state index in [2.05, 4.69) is 20.5 Å². The third-order valence-electron chi connectivity index (χ3n) is 2.83. The summed E-state index contributed by atoms with van der Waals surface area (Å²) in [5.74, 6) is 0.907. The van der Waals surface area contributed by atoms with Crippen LogP contribution < -0.4 is 11.1 Å². The highest BCUT2D eigenvalue weighted by atomic mass is 16.2. The van der Waals surface area contributed by atoms with Gasteiger partial charge < -0.3 is 16.0 Å². The summed E-state index contributed by atoms with van der Waals surface area (Å²) >= 11 is 0. The lowest BCUT2D eigenvalue weighted by molar-refractivity contribution is -0.131. The standard InChI is InChI=1S/C10H18N6O/c11-9-13-10(15-14-9)12-5-4-8(17)16-6-2-1-3-7-16/h1-7H2,(H4,11,12,13,14,15). The number of hydrogen-bond acceptors (Lipinski definition) is 5. The van der Waals surface area contributed by atoms with E-state index in [1.165, 1.54) is 6.42 Å². The highest BCUT2D eigenvalue weighted by molar-refractivity contribution is 5.76. The molecule has 1 aromatic heterocycles. The predicted molar refractivity (Wildman–Crippen MR) is 64.3 cm³/mol. The average Bonchev–Trinajstić information content (AvgIpc) is 2.76. The lowest BCUT2D eigenvalue weighted by Gasteiger charge is -2.26. The van der Waals surface area contributed by atoms with Gasteiger partial charge in [0.25, 0.3) is 0 Å². The van der Waals surface area contributed by atoms with Gasteiger partial charge in [0.05, 0.1) is 0 Å². The van der Waals surface area contributed by atoms with Gasteiger partial charge in [0.15, 0.2) is 0 Å². The number of amides is 1. The van der Waals surface area contributed by atoms with Crippen LogP contribution in [0.3, 0.4) is 0 Å². The van der Waals surface area contributed by atoms with Crippen LogP contribution in [0.2, 0.25) is 0 Å². The molecule has 0 unspecified atom stereocenters. The molecule has 1 aliphatic heterocycles. The Bertz CT molecular complexity index is 371. The molecule has 1 aliphatic rings. The maximum absolute atomic E-state index is 11.8. The van der Waals surface area contributed by atoms with Crippen molar-refractivity contribution in [3.8, 4) is 0 Å². The van der Waals surface area contributed by atoms with Gasteiger partial charge in [-0.15, -0.1) is 5.10 Å². The van der Waals surface area contributed by atoms with Gasteiger partial charge >= 0.3 is 0 Å². The Kier molecular flexibility index (Phi) is 3.79. The van der Waals surface area contributed by atoms with Gasteiger partial charge in [0.2, 0.25) is 17.8 Å². The van der Waals surface area contributed by atoms with Crippen LogP contribution in [0.5, 0.6) is 0 Å². The van der Waals surface area contributed by atoms with E-state index in [9.17, 15) is 4.79 Å². The van der Waals surface area contributed by atoms with Gasteiger partial charge in [-0.05, 0) is 19.3 Å². The van der Waals surface area contributed by atoms with Crippen LogP contribution >= 0.6 is 0 Å². The Morgan fingerprint density at radius 1 is 1.41 bits per heavy atom. The summed E-state index contributed by atoms with van der Waals surface area (Å²) in [6.45, 7) is 2.32. The molecule has 4 N–H and O–H groups in total. The molecule has 0 radical (unpaired) electrons. The second-order valence-electron chi connectivity index (χ2n) is 4.16. The van der Waals surface area contributed by atoms with E-state index in [1.807, 2.05) is 4.90 Å². The van der Waals surface area contributed by atoms with E-state index < -0.39 is 0 Å². The molecule has 0 atom stereocenters. The fraction of sp³-hybridized carbons (Fsp3) is 0.700. The van der Waals surface area contributed by atoms with Crippen LogP contribution in [0.4, 0.5) is 11.9 Å². The van der Waals surface area contributed by atoms with Crippen molar-refractivity contribution in [2.24, 2.45) is 0 Å². The molecular formula is C10H18N6O. The first-order chi connectivity index (χ1) is 8.25. The summed E-state index contributed by atoms with van der Waals surface area (Å²) < 4.78 is 0. The average molecular weight is 238 g/mol. The summed E-state index contributed by atoms with van der Waals surface area (Å²) in [5, 5.41) is 9.31. The van der Waals surface area contributed by atoms with E-state index in [0.29, 0.717) is 18.9 Å². The molecule has 1 fully saturated rings. The van der Waals surface area contributed by atoms with Crippen molar-refractivity contribution in [2.45, 2.75) is 25.7 Å². The van der Waals surface area contributed by atoms with Crippen molar-refractivity contribution in [1.29, 1.82) is 0 Å². The summed E-state index contributed by atoms with van der Waals surface area (Å²) in [7, 11) is 0. The van der Waals surface area contributed by atoms with Gasteiger partial charge in [-0.1, -0.05) is 0 Å². The first-order valence-electron chi connectivity index (χ1n) is 5.95. The van der Waals surface area contributed by atoms with Crippen LogP contribution in [0.15, 0.2) is 0 Å². The van der Waals surface area contributed by atoms with Crippen molar-refractivity contribution in [1.82, 2.24) is 20.1 Å². The van der Waals surface area contributed by atoms with Gasteiger partial charge in [0.1, 0.15) is 0 Å². The highest BCUT2D eigenvalue weighted by Crippen LogP contribution is 2.09. The number of carbonyl (C=O) groups excluding carboxylic acids is 1. The van der Waals surface area contributed by atoms with Crippen molar-refractivity contribution in [3.63, 3.8) is 0 Å². The predicted octanol–water partition coefficient (Wildman–Crippen LogP) is 0.201. The summed E-state index contributed by atoms with van der Waals surface area (Å²) in [6.07, 6.45) is 3.94. The molecule has 0 saturated carbocycles. The third-order valence-corrected chi connectivity index (χ3v) is 2.83. The lowest BCUT2D eigenvalue weighted by Crippen LogP contribution is -2.36. The fourth-order valence-electron chi connectivity index (χ4n) is 1.94. The van der Waals surface area contributed by atoms with Crippen molar-refractivity contribution < 1.29 is 4.79 Å². The van der Waals surface area contributed by atoms with E-state index >= 15 is 0 Å². The minimum Gasteiger partial charge on any atom is -0.368 e. The maximum Gasteiger partial charge on any atom is 0.243 e. The molecule has 94 valence electrons. The van der Waals surface area contributed by atoms with Crippen molar-refractivity contribution in [2.75, 3.05) is 30.7 Å². The normalized spacial score (nSPS) is 15.9. The van der Waals surface area contributed by atoms with Crippen LogP contribution in [0.1, 0.15) is 25.7 Å². The Balaban J connectivity index is 1.69. The van der Waals surface area contributed by atoms with E-state index in [0.717, 1.165) is 25.9 Å². The SMILES string of the molecule is Nc1nc(NCCC(=O)N2CCCCC2)n[nH]1. The van der Waals surface area contributed by atoms with Crippen LogP contribution in [0.25, 0.3) is 0 Å². The molecule has 0 spiro atoms. The molecule has 0 aromatic carbocycles. The zero-order chi connectivity index (χ0) is 12.1. The molecule has 1 amide bonds. The quantitative estimate of drug-likeness (QED) is 0.696. The number of hydrogen-bond donors (Lipinski definition) is 3. The molecular weight excluding hydrogens is 220 g/mol. The van der Waals surface area contributed by atoms with Crippen LogP contribution in [0, 0.1) is 0 Å². The third kappa shape index (κ3) is 3.33. The monoisotopic (exact) mass is 238 g/mol. The number of rotatable bonds is 4. The molecule has 0 bridgehead atoms. The first kappa shape index (κ1) is 11.7. The van der Waals surface area contributed by atoms with Crippen LogP contribution in [-0.4, -0.2) is 45.6 Å². The number of piperidine rings is 1. The smallest absolute Gasteiger partial charge is 0.243 e. The number of nitrogens with two attached hydrogens (primary N) is 1. The molecule has 17 heavy (non-hydrogen) atoms. The molecule has 7 nitrogen and oxygen atoms in total. The molecule has 2 rings (SSSR count). The second-order valence-corrected chi connectivity index (χ2v) is 4.16. The van der Waals surface area contributed by atoms with E-state index in [1.54, 1.807) is 0 Å². The number of nitrogens with one attached hydrogen (secondary N) is 2. The number of likely N-dealkylation sites (tertiary alicyclic amines) is 1. The first-order valence-corrected chi connectivity index (χ1v) is 5.95. The Hall–Kier alpha value is -1.79. The number of nitrogen functional groups attached to an aromatic ring is 1. The number of anilines is 2. The number of carbonyl (C=O) groups is 1. The number of aromatic nitrogens is 3. The highest BCUT2D eigenvalue weighted by Gasteiger charge is 2.15. The largest absolute Gasteiger partial charge is 0.368 e. The Labute approximate surface area is 99.8 Å². The van der Waals surface area contributed by atoms with Crippen molar-refractivity contribution in [3.05, 3.63) is 0 Å². The summed E-state index contributed by atoms with van der Waals surface area (Å²) in [4.78, 5) is 17.6. The summed E-state index contributed by atoms with van der Waals surface area (Å²) in [6, 6.07) is 0. The lowest BCUT2D eigenvalue weighted by atomic mass is 10.1. The minimum absolute atomic E-state index is 0.195. The Morgan fingerprint density at radius 2 is 2.18 bits per heavy atom. The van der Waals surface area contributed by atoms with Gasteiger partial charge in [-0.25, -0.2) is 5.10 Å². The topological polar surface area (TPSA) is 99.9 Å². The summed E-state index contributed by atoms with van der Waals surface area (Å²) in [5.41, 5.74) is 5.38. The fourth-order valence-corrected chi connectivity index (χ4v) is 1.94. The molecule has 7 heteroatoms. The number of H-pyrrole nitrogens is 1. The van der Waals surface area contributed by atoms with Crippen molar-refractivity contribution >= 4 is 17.8 Å². The maximum atomic E-state index is 11.8. The van der Waals surface area contributed by atoms with Gasteiger partial charge in [-0.3, -0.25) is 4.79 Å². The molecule has 1 saturated heterocycles. The number of nitrogens with zero attached hydrogens (tertiary/aromatic N) is 3. The van der Waals surface area contributed by atoms with Gasteiger partial charge in [0, 0.05) is 26.1 Å². The molecule has 1 aromatic rings. The molecule has 2 heterocycles.